The average molecular weight is 716 g/mol. The first-order chi connectivity index (χ1) is 17.0. The molecule has 0 bridgehead atoms. The van der Waals surface area contributed by atoms with Gasteiger partial charge in [0.25, 0.3) is 0 Å². The second kappa shape index (κ2) is 13.5. The van der Waals surface area contributed by atoms with Crippen LogP contribution in [0.1, 0.15) is 40.3 Å². The Hall–Kier alpha value is -2.41. The van der Waals surface area contributed by atoms with Crippen molar-refractivity contribution in [2.24, 2.45) is 0 Å². The van der Waals surface area contributed by atoms with E-state index in [1.54, 1.807) is 6.07 Å². The van der Waals surface area contributed by atoms with Gasteiger partial charge in [-0.2, -0.15) is 96.4 Å². The van der Waals surface area contributed by atoms with Crippen molar-refractivity contribution in [3.05, 3.63) is 69.8 Å². The Morgan fingerprint density at radius 1 is 0.450 bits per heavy atom. The summed E-state index contributed by atoms with van der Waals surface area (Å²) in [7, 11) is 0. The van der Waals surface area contributed by atoms with E-state index in [4.69, 9.17) is 5.26 Å². The standard InChI is InChI=1S/2C9H2F9.C2H3N.Cd/c2*10-7(11,12)4-1-5(8(13,14)15)3-6(2-4)9(16,17)18;1-2-3;/h2*1-2H;1H3;/q2*-1;;+2. The summed E-state index contributed by atoms with van der Waals surface area (Å²) in [6, 6.07) is 1.84. The van der Waals surface area contributed by atoms with Crippen molar-refractivity contribution >= 4 is 0 Å². The van der Waals surface area contributed by atoms with Crippen LogP contribution in [0, 0.1) is 23.5 Å². The number of nitriles is 1. The fourth-order valence-corrected chi connectivity index (χ4v) is 2.08. The van der Waals surface area contributed by atoms with Gasteiger partial charge in [-0.3, -0.25) is 0 Å². The Labute approximate surface area is 231 Å². The smallest absolute Gasteiger partial charge is 0.199 e. The van der Waals surface area contributed by atoms with Crippen LogP contribution in [-0.4, -0.2) is 0 Å². The first-order valence-corrected chi connectivity index (χ1v) is 8.93. The number of rotatable bonds is 0. The van der Waals surface area contributed by atoms with Crippen molar-refractivity contribution in [1.82, 2.24) is 0 Å². The monoisotopic (exact) mass is 717 g/mol. The number of benzene rings is 2. The van der Waals surface area contributed by atoms with Crippen molar-refractivity contribution in [3.8, 4) is 6.07 Å². The SMILES string of the molecule is CC#N.FC(F)(F)c1[c-]c(C(F)(F)F)cc(C(F)(F)F)c1.FC(F)(F)c1[c-]c(C(F)(F)F)cc(C(F)(F)F)c1.[Cd+2]. The zero-order valence-corrected chi connectivity index (χ0v) is 22.8. The molecule has 0 radical (unpaired) electrons. The van der Waals surface area contributed by atoms with Gasteiger partial charge in [0.1, 0.15) is 0 Å². The molecule has 0 aliphatic carbocycles. The van der Waals surface area contributed by atoms with Crippen LogP contribution in [0.15, 0.2) is 24.3 Å². The number of hydrogen-bond acceptors (Lipinski definition) is 1. The second-order valence-electron chi connectivity index (χ2n) is 6.60. The molecule has 0 atom stereocenters. The second-order valence-corrected chi connectivity index (χ2v) is 6.60. The van der Waals surface area contributed by atoms with Crippen molar-refractivity contribution in [2.75, 3.05) is 0 Å². The fraction of sp³-hybridized carbons (Fsp3) is 0.350. The zero-order valence-electron chi connectivity index (χ0n) is 18.8. The molecular formula is C20H7CdF18N. The summed E-state index contributed by atoms with van der Waals surface area (Å²) >= 11 is 0. The molecular weight excluding hydrogens is 709 g/mol. The third-order valence-corrected chi connectivity index (χ3v) is 3.61. The van der Waals surface area contributed by atoms with Crippen LogP contribution in [0.2, 0.25) is 0 Å². The van der Waals surface area contributed by atoms with Crippen LogP contribution in [-0.2, 0) is 64.4 Å². The van der Waals surface area contributed by atoms with Crippen LogP contribution in [0.4, 0.5) is 79.0 Å². The van der Waals surface area contributed by atoms with Gasteiger partial charge in [0.15, 0.2) is 0 Å². The zero-order chi connectivity index (χ0) is 31.4. The van der Waals surface area contributed by atoms with E-state index in [0.717, 1.165) is 12.1 Å². The molecule has 0 unspecified atom stereocenters. The van der Waals surface area contributed by atoms with E-state index < -0.39 is 94.7 Å². The minimum absolute atomic E-state index is 0. The molecule has 0 heterocycles. The molecule has 1 nitrogen and oxygen atoms in total. The van der Waals surface area contributed by atoms with Crippen LogP contribution in [0.25, 0.3) is 0 Å². The van der Waals surface area contributed by atoms with E-state index >= 15 is 0 Å². The Kier molecular flexibility index (Phi) is 13.4. The molecule has 0 aliphatic heterocycles. The molecule has 2 rings (SSSR count). The molecule has 0 N–H and O–H groups in total. The maximum Gasteiger partial charge on any atom is 2.00 e. The van der Waals surface area contributed by atoms with Crippen molar-refractivity contribution < 1.29 is 106 Å². The maximum absolute atomic E-state index is 12.2. The first kappa shape index (κ1) is 39.7. The number of hydrogen-bond donors (Lipinski definition) is 0. The Bertz CT molecular complexity index is 898. The molecule has 2 aromatic carbocycles. The predicted octanol–water partition coefficient (Wildman–Crippen LogP) is 9.61. The average Bonchev–Trinajstić information content (AvgIpc) is 2.70. The van der Waals surface area contributed by atoms with Gasteiger partial charge in [0, 0.05) is 6.92 Å². The van der Waals surface area contributed by atoms with Gasteiger partial charge < -0.3 is 0 Å². The fourth-order valence-electron chi connectivity index (χ4n) is 2.08. The van der Waals surface area contributed by atoms with Crippen molar-refractivity contribution in [2.45, 2.75) is 44.0 Å². The Balaban J connectivity index is 0. The van der Waals surface area contributed by atoms with E-state index in [0.29, 0.717) is 0 Å². The molecule has 0 fully saturated rings. The van der Waals surface area contributed by atoms with Crippen LogP contribution in [0.3, 0.4) is 0 Å². The van der Waals surface area contributed by atoms with Crippen LogP contribution < -0.4 is 0 Å². The van der Waals surface area contributed by atoms with Crippen molar-refractivity contribution in [1.29, 1.82) is 5.26 Å². The van der Waals surface area contributed by atoms with Crippen molar-refractivity contribution in [3.63, 3.8) is 0 Å². The molecule has 0 aromatic heterocycles. The van der Waals surface area contributed by atoms with Gasteiger partial charge in [-0.15, -0.1) is 24.3 Å². The molecule has 2 aromatic rings. The summed E-state index contributed by atoms with van der Waals surface area (Å²) in [6.45, 7) is 1.43. The summed E-state index contributed by atoms with van der Waals surface area (Å²) in [5.74, 6) is 0. The topological polar surface area (TPSA) is 23.8 Å². The van der Waals surface area contributed by atoms with Crippen LogP contribution >= 0.6 is 0 Å². The Morgan fingerprint density at radius 2 is 0.600 bits per heavy atom. The van der Waals surface area contributed by atoms with Gasteiger partial charge in [-0.25, -0.2) is 0 Å². The molecule has 40 heavy (non-hydrogen) atoms. The minimum atomic E-state index is -5.35. The number of halogens is 18. The molecule has 0 aliphatic rings. The van der Waals surface area contributed by atoms with E-state index in [-0.39, 0.29) is 27.3 Å². The molecule has 220 valence electrons. The quantitative estimate of drug-likeness (QED) is 0.152. The Morgan fingerprint density at radius 3 is 0.700 bits per heavy atom. The number of alkyl halides is 18. The summed E-state index contributed by atoms with van der Waals surface area (Å²) in [5.41, 5.74) is -12.5. The molecule has 0 saturated carbocycles. The third kappa shape index (κ3) is 12.8. The third-order valence-electron chi connectivity index (χ3n) is 3.61. The maximum atomic E-state index is 12.2. The van der Waals surface area contributed by atoms with E-state index in [2.05, 4.69) is 0 Å². The normalized spacial score (nSPS) is 12.7. The summed E-state index contributed by atoms with van der Waals surface area (Å²) < 4.78 is 219. The van der Waals surface area contributed by atoms with Gasteiger partial charge in [-0.1, -0.05) is 33.4 Å². The molecule has 0 amide bonds. The van der Waals surface area contributed by atoms with Gasteiger partial charge in [0.05, 0.1) is 6.07 Å². The van der Waals surface area contributed by atoms with E-state index in [1.165, 1.54) is 6.92 Å². The first-order valence-electron chi connectivity index (χ1n) is 8.93. The largest absolute Gasteiger partial charge is 2.00 e. The molecule has 0 saturated heterocycles. The summed E-state index contributed by atoms with van der Waals surface area (Å²) in [6.07, 6.45) is -32.0. The summed E-state index contributed by atoms with van der Waals surface area (Å²) in [4.78, 5) is 0. The van der Waals surface area contributed by atoms with Gasteiger partial charge in [-0.05, 0) is 0 Å². The summed E-state index contributed by atoms with van der Waals surface area (Å²) in [5, 5.41) is 7.32. The molecule has 0 spiro atoms. The van der Waals surface area contributed by atoms with E-state index in [1.807, 2.05) is 0 Å². The van der Waals surface area contributed by atoms with Crippen LogP contribution in [0.5, 0.6) is 0 Å². The predicted molar refractivity (Wildman–Crippen MR) is 91.9 cm³/mol. The number of nitrogens with zero attached hydrogens (tertiary/aromatic N) is 1. The minimum Gasteiger partial charge on any atom is -0.199 e. The van der Waals surface area contributed by atoms with E-state index in [9.17, 15) is 79.0 Å². The molecule has 20 heteroatoms. The van der Waals surface area contributed by atoms with Gasteiger partial charge >= 0.3 is 64.4 Å². The van der Waals surface area contributed by atoms with Gasteiger partial charge in [0.2, 0.25) is 0 Å².